The van der Waals surface area contributed by atoms with Crippen molar-refractivity contribution in [3.05, 3.63) is 35.9 Å². The second kappa shape index (κ2) is 9.62. The van der Waals surface area contributed by atoms with Gasteiger partial charge in [-0.05, 0) is 45.3 Å². The van der Waals surface area contributed by atoms with E-state index >= 15 is 0 Å². The zero-order valence-corrected chi connectivity index (χ0v) is 19.5. The Morgan fingerprint density at radius 2 is 1.75 bits per heavy atom. The maximum atomic E-state index is 13.6. The van der Waals surface area contributed by atoms with Crippen LogP contribution in [-0.2, 0) is 0 Å². The third-order valence-electron chi connectivity index (χ3n) is 5.13. The van der Waals surface area contributed by atoms with Crippen molar-refractivity contribution in [3.63, 3.8) is 0 Å². The summed E-state index contributed by atoms with van der Waals surface area (Å²) in [5.74, 6) is 2.35. The van der Waals surface area contributed by atoms with Crippen LogP contribution in [0, 0.1) is 0 Å². The Labute approximate surface area is 191 Å². The molecule has 1 aliphatic rings. The van der Waals surface area contributed by atoms with Gasteiger partial charge in [0, 0.05) is 24.2 Å². The molecule has 0 unspecified atom stereocenters. The minimum atomic E-state index is -0.138. The number of carbonyl (C=O) groups is 1. The number of fused-ring (bicyclic) bond motifs is 2. The first-order chi connectivity index (χ1) is 15.5. The number of hydrogen-bond donors (Lipinski definition) is 0. The molecule has 3 aromatic rings. The number of amides is 1. The Morgan fingerprint density at radius 3 is 2.44 bits per heavy atom. The predicted octanol–water partition coefficient (Wildman–Crippen LogP) is 3.68. The van der Waals surface area contributed by atoms with Crippen LogP contribution < -0.4 is 23.8 Å². The van der Waals surface area contributed by atoms with Crippen LogP contribution >= 0.6 is 11.3 Å². The molecule has 0 bridgehead atoms. The Hall–Kier alpha value is -3.04. The van der Waals surface area contributed by atoms with Crippen LogP contribution in [-0.4, -0.2) is 70.4 Å². The van der Waals surface area contributed by atoms with Gasteiger partial charge in [0.05, 0.1) is 24.4 Å². The van der Waals surface area contributed by atoms with Crippen molar-refractivity contribution in [3.8, 4) is 23.0 Å². The van der Waals surface area contributed by atoms with Gasteiger partial charge in [0.1, 0.15) is 13.2 Å². The minimum absolute atomic E-state index is 0.138. The van der Waals surface area contributed by atoms with Gasteiger partial charge in [-0.3, -0.25) is 9.69 Å². The maximum Gasteiger partial charge on any atom is 0.260 e. The van der Waals surface area contributed by atoms with E-state index < -0.39 is 0 Å². The van der Waals surface area contributed by atoms with Crippen molar-refractivity contribution in [1.82, 2.24) is 9.88 Å². The molecule has 0 spiro atoms. The molecule has 0 atom stereocenters. The molecule has 1 amide bonds. The highest BCUT2D eigenvalue weighted by atomic mass is 32.1. The molecule has 2 aromatic carbocycles. The molecular weight excluding hydrogens is 430 g/mol. The van der Waals surface area contributed by atoms with Gasteiger partial charge in [-0.2, -0.15) is 0 Å². The largest absolute Gasteiger partial charge is 0.493 e. The SMILES string of the molecule is COc1ccc(C(=O)N(CCCN(C)C)c2nc3cc4c(cc3s2)OCCO4)cc1OC. The molecule has 0 radical (unpaired) electrons. The summed E-state index contributed by atoms with van der Waals surface area (Å²) in [5.41, 5.74) is 1.30. The fraction of sp³-hybridized carbons (Fsp3) is 0.391. The number of ether oxygens (including phenoxy) is 4. The van der Waals surface area contributed by atoms with E-state index in [2.05, 4.69) is 4.90 Å². The van der Waals surface area contributed by atoms with E-state index in [-0.39, 0.29) is 5.91 Å². The fourth-order valence-corrected chi connectivity index (χ4v) is 4.52. The highest BCUT2D eigenvalue weighted by Crippen LogP contribution is 2.39. The van der Waals surface area contributed by atoms with Crippen molar-refractivity contribution in [1.29, 1.82) is 0 Å². The van der Waals surface area contributed by atoms with E-state index in [1.165, 1.54) is 11.3 Å². The average Bonchev–Trinajstić information content (AvgIpc) is 3.21. The van der Waals surface area contributed by atoms with E-state index in [9.17, 15) is 4.79 Å². The summed E-state index contributed by atoms with van der Waals surface area (Å²) < 4.78 is 23.0. The summed E-state index contributed by atoms with van der Waals surface area (Å²) in [6, 6.07) is 9.00. The van der Waals surface area contributed by atoms with Crippen molar-refractivity contribution >= 4 is 32.6 Å². The normalized spacial score (nSPS) is 12.8. The third kappa shape index (κ3) is 4.58. The first-order valence-corrected chi connectivity index (χ1v) is 11.2. The second-order valence-corrected chi connectivity index (χ2v) is 8.65. The summed E-state index contributed by atoms with van der Waals surface area (Å²) in [5, 5.41) is 0.640. The molecule has 32 heavy (non-hydrogen) atoms. The molecule has 9 heteroatoms. The van der Waals surface area contributed by atoms with Crippen LogP contribution in [0.25, 0.3) is 10.2 Å². The lowest BCUT2D eigenvalue weighted by Gasteiger charge is -2.21. The van der Waals surface area contributed by atoms with Crippen LogP contribution in [0.15, 0.2) is 30.3 Å². The lowest BCUT2D eigenvalue weighted by molar-refractivity contribution is 0.0985. The number of anilines is 1. The lowest BCUT2D eigenvalue weighted by atomic mass is 10.1. The number of rotatable bonds is 8. The number of aromatic nitrogens is 1. The topological polar surface area (TPSA) is 73.4 Å². The van der Waals surface area contributed by atoms with Crippen LogP contribution in [0.2, 0.25) is 0 Å². The second-order valence-electron chi connectivity index (χ2n) is 7.64. The predicted molar refractivity (Wildman–Crippen MR) is 125 cm³/mol. The van der Waals surface area contributed by atoms with Crippen LogP contribution in [0.1, 0.15) is 16.8 Å². The number of carbonyl (C=O) groups excluding carboxylic acids is 1. The Kier molecular flexibility index (Phi) is 6.66. The molecule has 8 nitrogen and oxygen atoms in total. The molecule has 0 fully saturated rings. The smallest absolute Gasteiger partial charge is 0.260 e. The molecule has 4 rings (SSSR count). The summed E-state index contributed by atoms with van der Waals surface area (Å²) in [6.45, 7) is 2.44. The van der Waals surface area contributed by atoms with Gasteiger partial charge < -0.3 is 23.8 Å². The first kappa shape index (κ1) is 22.2. The van der Waals surface area contributed by atoms with E-state index in [0.29, 0.717) is 53.5 Å². The number of benzene rings is 2. The Morgan fingerprint density at radius 1 is 1.03 bits per heavy atom. The molecule has 1 aliphatic heterocycles. The van der Waals surface area contributed by atoms with Crippen LogP contribution in [0.4, 0.5) is 5.13 Å². The number of methoxy groups -OCH3 is 2. The highest BCUT2D eigenvalue weighted by molar-refractivity contribution is 7.22. The fourth-order valence-electron chi connectivity index (χ4n) is 3.52. The third-order valence-corrected chi connectivity index (χ3v) is 6.18. The molecule has 0 N–H and O–H groups in total. The first-order valence-electron chi connectivity index (χ1n) is 10.4. The maximum absolute atomic E-state index is 13.6. The summed E-state index contributed by atoms with van der Waals surface area (Å²) in [4.78, 5) is 22.1. The number of nitrogens with zero attached hydrogens (tertiary/aromatic N) is 3. The van der Waals surface area contributed by atoms with E-state index in [4.69, 9.17) is 23.9 Å². The minimum Gasteiger partial charge on any atom is -0.493 e. The van der Waals surface area contributed by atoms with Crippen molar-refractivity contribution < 1.29 is 23.7 Å². The quantitative estimate of drug-likeness (QED) is 0.511. The van der Waals surface area contributed by atoms with Crippen molar-refractivity contribution in [2.75, 3.05) is 59.5 Å². The standard InChI is InChI=1S/C23H27N3O5S/c1-25(2)8-5-9-26(22(27)15-6-7-17(28-3)18(12-15)29-4)23-24-16-13-19-20(14-21(16)32-23)31-11-10-30-19/h6-7,12-14H,5,8-11H2,1-4H3. The molecule has 0 saturated heterocycles. The summed E-state index contributed by atoms with van der Waals surface area (Å²) >= 11 is 1.47. The van der Waals surface area contributed by atoms with Crippen molar-refractivity contribution in [2.24, 2.45) is 0 Å². The Balaban J connectivity index is 1.69. The molecule has 170 valence electrons. The highest BCUT2D eigenvalue weighted by Gasteiger charge is 2.24. The molecule has 0 saturated carbocycles. The molecule has 1 aromatic heterocycles. The van der Waals surface area contributed by atoms with Crippen LogP contribution in [0.3, 0.4) is 0 Å². The summed E-state index contributed by atoms with van der Waals surface area (Å²) in [6.07, 6.45) is 0.810. The molecule has 0 aliphatic carbocycles. The monoisotopic (exact) mass is 457 g/mol. The molecule has 2 heterocycles. The Bertz CT molecular complexity index is 1070. The van der Waals surface area contributed by atoms with Gasteiger partial charge in [-0.25, -0.2) is 4.98 Å². The average molecular weight is 458 g/mol. The van der Waals surface area contributed by atoms with Gasteiger partial charge in [0.25, 0.3) is 5.91 Å². The zero-order chi connectivity index (χ0) is 22.7. The lowest BCUT2D eigenvalue weighted by Crippen LogP contribution is -2.33. The van der Waals surface area contributed by atoms with E-state index in [1.807, 2.05) is 26.2 Å². The van der Waals surface area contributed by atoms with E-state index in [1.54, 1.807) is 37.3 Å². The van der Waals surface area contributed by atoms with Crippen molar-refractivity contribution in [2.45, 2.75) is 6.42 Å². The van der Waals surface area contributed by atoms with E-state index in [0.717, 1.165) is 23.2 Å². The van der Waals surface area contributed by atoms with Gasteiger partial charge in [-0.1, -0.05) is 11.3 Å². The summed E-state index contributed by atoms with van der Waals surface area (Å²) in [7, 11) is 7.16. The molecular formula is C23H27N3O5S. The number of thiazole rings is 1. The van der Waals surface area contributed by atoms with Crippen LogP contribution in [0.5, 0.6) is 23.0 Å². The van der Waals surface area contributed by atoms with Gasteiger partial charge in [-0.15, -0.1) is 0 Å². The van der Waals surface area contributed by atoms with Gasteiger partial charge >= 0.3 is 0 Å². The van der Waals surface area contributed by atoms with Gasteiger partial charge in [0.15, 0.2) is 28.1 Å². The number of hydrogen-bond acceptors (Lipinski definition) is 8. The van der Waals surface area contributed by atoms with Gasteiger partial charge in [0.2, 0.25) is 0 Å². The zero-order valence-electron chi connectivity index (χ0n) is 18.7.